The zero-order chi connectivity index (χ0) is 14.2. The predicted molar refractivity (Wildman–Crippen MR) is 72.4 cm³/mol. The third-order valence-electron chi connectivity index (χ3n) is 2.99. The number of halogens is 1. The Morgan fingerprint density at radius 1 is 1.58 bits per heavy atom. The van der Waals surface area contributed by atoms with E-state index in [9.17, 15) is 14.7 Å². The van der Waals surface area contributed by atoms with E-state index in [0.717, 1.165) is 0 Å². The second-order valence-electron chi connectivity index (χ2n) is 4.31. The normalized spacial score (nSPS) is 16.8. The average Bonchev–Trinajstić information content (AvgIpc) is 2.64. The minimum atomic E-state index is -1.19. The van der Waals surface area contributed by atoms with Gasteiger partial charge in [-0.05, 0) is 12.1 Å². The molecule has 1 aromatic rings. The van der Waals surface area contributed by atoms with Crippen molar-refractivity contribution < 1.29 is 14.7 Å². The number of fused-ring (bicyclic) bond motifs is 1. The second kappa shape index (κ2) is 5.07. The van der Waals surface area contributed by atoms with Gasteiger partial charge in [-0.1, -0.05) is 11.6 Å². The number of aliphatic hydroxyl groups is 1. The molecule has 2 rings (SSSR count). The predicted octanol–water partition coefficient (Wildman–Crippen LogP) is 0.508. The maximum Gasteiger partial charge on any atom is 0.257 e. The largest absolute Gasteiger partial charge is 0.378 e. The van der Waals surface area contributed by atoms with E-state index in [2.05, 4.69) is 10.6 Å². The molecule has 19 heavy (non-hydrogen) atoms. The molecular formula is C12H14ClN3O3. The highest BCUT2D eigenvalue weighted by molar-refractivity contribution is 6.33. The van der Waals surface area contributed by atoms with Crippen LogP contribution in [0.25, 0.3) is 0 Å². The fourth-order valence-electron chi connectivity index (χ4n) is 1.93. The average molecular weight is 284 g/mol. The van der Waals surface area contributed by atoms with Gasteiger partial charge in [-0.15, -0.1) is 0 Å². The van der Waals surface area contributed by atoms with Crippen molar-refractivity contribution in [1.29, 1.82) is 0 Å². The summed E-state index contributed by atoms with van der Waals surface area (Å²) < 4.78 is 0. The molecule has 0 aliphatic carbocycles. The van der Waals surface area contributed by atoms with E-state index in [1.165, 1.54) is 6.07 Å². The molecule has 2 amide bonds. The molecule has 1 heterocycles. The van der Waals surface area contributed by atoms with Gasteiger partial charge in [0.25, 0.3) is 5.91 Å². The summed E-state index contributed by atoms with van der Waals surface area (Å²) in [4.78, 5) is 24.4. The first kappa shape index (κ1) is 13.6. The number of nitrogens with zero attached hydrogens (tertiary/aromatic N) is 1. The van der Waals surface area contributed by atoms with Crippen molar-refractivity contribution in [2.24, 2.45) is 0 Å². The number of hydrogen-bond acceptors (Lipinski definition) is 4. The topological polar surface area (TPSA) is 81.7 Å². The Morgan fingerprint density at radius 3 is 2.89 bits per heavy atom. The van der Waals surface area contributed by atoms with Gasteiger partial charge in [0.05, 0.1) is 17.3 Å². The Labute approximate surface area is 115 Å². The van der Waals surface area contributed by atoms with Gasteiger partial charge in [0, 0.05) is 25.3 Å². The van der Waals surface area contributed by atoms with Crippen molar-refractivity contribution >= 4 is 34.8 Å². The Bertz CT molecular complexity index is 547. The number of rotatable bonds is 3. The Hall–Kier alpha value is -1.79. The van der Waals surface area contributed by atoms with E-state index in [4.69, 9.17) is 11.6 Å². The molecule has 0 spiro atoms. The molecule has 0 aromatic heterocycles. The molecule has 0 saturated carbocycles. The van der Waals surface area contributed by atoms with E-state index < -0.39 is 12.0 Å². The molecule has 102 valence electrons. The van der Waals surface area contributed by atoms with Crippen LogP contribution in [-0.2, 0) is 9.59 Å². The SMILES string of the molecule is CNC(=O)CN(C)c1cc2c(cc1Cl)C(O)C(=O)N2. The van der Waals surface area contributed by atoms with E-state index in [1.807, 2.05) is 0 Å². The van der Waals surface area contributed by atoms with Gasteiger partial charge in [0.1, 0.15) is 0 Å². The van der Waals surface area contributed by atoms with Crippen LogP contribution in [0.5, 0.6) is 0 Å². The van der Waals surface area contributed by atoms with E-state index in [-0.39, 0.29) is 12.5 Å². The third-order valence-corrected chi connectivity index (χ3v) is 3.29. The van der Waals surface area contributed by atoms with Gasteiger partial charge < -0.3 is 20.6 Å². The van der Waals surface area contributed by atoms with Crippen LogP contribution < -0.4 is 15.5 Å². The summed E-state index contributed by atoms with van der Waals surface area (Å²) in [5.74, 6) is -0.625. The molecule has 1 atom stereocenters. The summed E-state index contributed by atoms with van der Waals surface area (Å²) in [7, 11) is 3.27. The highest BCUT2D eigenvalue weighted by Crippen LogP contribution is 2.38. The fourth-order valence-corrected chi connectivity index (χ4v) is 2.24. The first-order valence-electron chi connectivity index (χ1n) is 5.68. The van der Waals surface area contributed by atoms with Crippen molar-refractivity contribution in [3.8, 4) is 0 Å². The van der Waals surface area contributed by atoms with Gasteiger partial charge >= 0.3 is 0 Å². The van der Waals surface area contributed by atoms with Gasteiger partial charge in [-0.3, -0.25) is 9.59 Å². The summed E-state index contributed by atoms with van der Waals surface area (Å²) in [5.41, 5.74) is 1.58. The fraction of sp³-hybridized carbons (Fsp3) is 0.333. The zero-order valence-corrected chi connectivity index (χ0v) is 11.3. The van der Waals surface area contributed by atoms with Gasteiger partial charge in [0.2, 0.25) is 5.91 Å². The summed E-state index contributed by atoms with van der Waals surface area (Å²) in [5, 5.41) is 15.1. The number of aliphatic hydroxyl groups excluding tert-OH is 1. The molecule has 1 unspecified atom stereocenters. The Kier molecular flexibility index (Phi) is 3.64. The summed E-state index contributed by atoms with van der Waals surface area (Å²) in [6, 6.07) is 3.18. The molecule has 0 saturated heterocycles. The first-order valence-corrected chi connectivity index (χ1v) is 6.06. The number of amides is 2. The molecule has 0 bridgehead atoms. The lowest BCUT2D eigenvalue weighted by Gasteiger charge is -2.20. The number of hydrogen-bond donors (Lipinski definition) is 3. The molecule has 7 heteroatoms. The standard InChI is InChI=1S/C12H14ClN3O3/c1-14-10(17)5-16(2)9-4-8-6(3-7(9)13)11(18)12(19)15-8/h3-4,11,18H,5H2,1-2H3,(H,14,17)(H,15,19). The quantitative estimate of drug-likeness (QED) is 0.755. The monoisotopic (exact) mass is 283 g/mol. The van der Waals surface area contributed by atoms with E-state index in [1.54, 1.807) is 25.1 Å². The second-order valence-corrected chi connectivity index (χ2v) is 4.72. The summed E-state index contributed by atoms with van der Waals surface area (Å²) in [6.07, 6.45) is -1.19. The lowest BCUT2D eigenvalue weighted by Crippen LogP contribution is -2.33. The van der Waals surface area contributed by atoms with Crippen LogP contribution >= 0.6 is 11.6 Å². The minimum absolute atomic E-state index is 0.144. The van der Waals surface area contributed by atoms with E-state index in [0.29, 0.717) is 22.0 Å². The van der Waals surface area contributed by atoms with Crippen molar-refractivity contribution in [2.75, 3.05) is 30.9 Å². The maximum atomic E-state index is 11.4. The molecule has 1 aliphatic heterocycles. The number of carbonyl (C=O) groups is 2. The zero-order valence-electron chi connectivity index (χ0n) is 10.5. The minimum Gasteiger partial charge on any atom is -0.378 e. The van der Waals surface area contributed by atoms with Gasteiger partial charge in [0.15, 0.2) is 6.10 Å². The third kappa shape index (κ3) is 2.50. The molecule has 1 aromatic carbocycles. The molecule has 1 aliphatic rings. The smallest absolute Gasteiger partial charge is 0.257 e. The highest BCUT2D eigenvalue weighted by atomic mass is 35.5. The van der Waals surface area contributed by atoms with Gasteiger partial charge in [-0.25, -0.2) is 0 Å². The Balaban J connectivity index is 2.31. The highest BCUT2D eigenvalue weighted by Gasteiger charge is 2.30. The molecular weight excluding hydrogens is 270 g/mol. The summed E-state index contributed by atoms with van der Waals surface area (Å²) in [6.45, 7) is 0.144. The first-order chi connectivity index (χ1) is 8.93. The van der Waals surface area contributed by atoms with Crippen molar-refractivity contribution in [2.45, 2.75) is 6.10 Å². The summed E-state index contributed by atoms with van der Waals surface area (Å²) >= 11 is 6.12. The lowest BCUT2D eigenvalue weighted by molar-refractivity contribution is -0.123. The van der Waals surface area contributed by atoms with Crippen molar-refractivity contribution in [1.82, 2.24) is 5.32 Å². The number of likely N-dealkylation sites (N-methyl/N-ethyl adjacent to an activating group) is 2. The lowest BCUT2D eigenvalue weighted by atomic mass is 10.1. The maximum absolute atomic E-state index is 11.4. The van der Waals surface area contributed by atoms with Gasteiger partial charge in [-0.2, -0.15) is 0 Å². The van der Waals surface area contributed by atoms with Crippen LogP contribution in [0.3, 0.4) is 0 Å². The number of anilines is 2. The molecule has 0 radical (unpaired) electrons. The number of carbonyl (C=O) groups excluding carboxylic acids is 2. The number of benzene rings is 1. The molecule has 6 nitrogen and oxygen atoms in total. The van der Waals surface area contributed by atoms with Crippen molar-refractivity contribution in [3.63, 3.8) is 0 Å². The van der Waals surface area contributed by atoms with Crippen LogP contribution in [-0.4, -0.2) is 37.6 Å². The van der Waals surface area contributed by atoms with Crippen LogP contribution in [0.15, 0.2) is 12.1 Å². The van der Waals surface area contributed by atoms with Crippen LogP contribution in [0, 0.1) is 0 Å². The molecule has 3 N–H and O–H groups in total. The van der Waals surface area contributed by atoms with Crippen LogP contribution in [0.2, 0.25) is 5.02 Å². The van der Waals surface area contributed by atoms with Crippen LogP contribution in [0.4, 0.5) is 11.4 Å². The van der Waals surface area contributed by atoms with Crippen molar-refractivity contribution in [3.05, 3.63) is 22.7 Å². The van der Waals surface area contributed by atoms with E-state index >= 15 is 0 Å². The Morgan fingerprint density at radius 2 is 2.26 bits per heavy atom. The van der Waals surface area contributed by atoms with Crippen LogP contribution in [0.1, 0.15) is 11.7 Å². The number of nitrogens with one attached hydrogen (secondary N) is 2. The molecule has 0 fully saturated rings.